The minimum Gasteiger partial charge on any atom is -0.491 e. The number of hydrogen-bond acceptors (Lipinski definition) is 7. The quantitative estimate of drug-likeness (QED) is 0.622. The van der Waals surface area contributed by atoms with Gasteiger partial charge in [-0.3, -0.25) is 15.4 Å². The lowest BCUT2D eigenvalue weighted by Gasteiger charge is -2.36. The van der Waals surface area contributed by atoms with Gasteiger partial charge in [-0.25, -0.2) is 4.98 Å². The highest BCUT2D eigenvalue weighted by Gasteiger charge is 2.21. The SMILES string of the molecule is S=C(N/N=C1/CCOc2cccnc21)N1CCN(c2cnccn2)CC1. The van der Waals surface area contributed by atoms with E-state index in [-0.39, 0.29) is 0 Å². The molecule has 1 N–H and O–H groups in total. The predicted octanol–water partition coefficient (Wildman–Crippen LogP) is 1.05. The molecule has 26 heavy (non-hydrogen) atoms. The number of nitrogens with zero attached hydrogens (tertiary/aromatic N) is 6. The molecule has 2 aromatic rings. The van der Waals surface area contributed by atoms with Gasteiger partial charge in [-0.15, -0.1) is 0 Å². The summed E-state index contributed by atoms with van der Waals surface area (Å²) in [7, 11) is 0. The molecule has 0 aromatic carbocycles. The van der Waals surface area contributed by atoms with E-state index < -0.39 is 0 Å². The van der Waals surface area contributed by atoms with Gasteiger partial charge in [-0.1, -0.05) is 0 Å². The van der Waals surface area contributed by atoms with Gasteiger partial charge >= 0.3 is 0 Å². The summed E-state index contributed by atoms with van der Waals surface area (Å²) in [4.78, 5) is 17.2. The van der Waals surface area contributed by atoms with E-state index in [0.717, 1.165) is 49.2 Å². The molecule has 0 saturated carbocycles. The Morgan fingerprint density at radius 1 is 1.15 bits per heavy atom. The van der Waals surface area contributed by atoms with Crippen LogP contribution in [0.1, 0.15) is 12.1 Å². The molecular weight excluding hydrogens is 350 g/mol. The number of hydrazone groups is 1. The normalized spacial score (nSPS) is 18.2. The summed E-state index contributed by atoms with van der Waals surface area (Å²) in [5.74, 6) is 1.67. The van der Waals surface area contributed by atoms with E-state index in [1.165, 1.54) is 0 Å². The van der Waals surface area contributed by atoms with Crippen LogP contribution in [0, 0.1) is 0 Å². The first-order valence-electron chi connectivity index (χ1n) is 8.52. The maximum absolute atomic E-state index is 5.60. The number of thiocarbonyl (C=S) groups is 1. The molecule has 2 aliphatic heterocycles. The predicted molar refractivity (Wildman–Crippen MR) is 102 cm³/mol. The van der Waals surface area contributed by atoms with Crippen LogP contribution < -0.4 is 15.1 Å². The van der Waals surface area contributed by atoms with Crippen molar-refractivity contribution < 1.29 is 4.74 Å². The first-order chi connectivity index (χ1) is 12.8. The summed E-state index contributed by atoms with van der Waals surface area (Å²) >= 11 is 5.51. The van der Waals surface area contributed by atoms with Crippen LogP contribution in [-0.2, 0) is 0 Å². The zero-order chi connectivity index (χ0) is 17.8. The second kappa shape index (κ2) is 7.61. The van der Waals surface area contributed by atoms with Crippen molar-refractivity contribution >= 4 is 28.9 Å². The molecule has 9 heteroatoms. The van der Waals surface area contributed by atoms with Gasteiger partial charge in [0.2, 0.25) is 0 Å². The minimum absolute atomic E-state index is 0.600. The van der Waals surface area contributed by atoms with Gasteiger partial charge in [-0.05, 0) is 24.4 Å². The van der Waals surface area contributed by atoms with Gasteiger partial charge in [0.25, 0.3) is 0 Å². The van der Waals surface area contributed by atoms with E-state index in [0.29, 0.717) is 18.1 Å². The molecule has 1 fully saturated rings. The maximum atomic E-state index is 5.60. The number of anilines is 1. The largest absolute Gasteiger partial charge is 0.491 e. The molecule has 2 aliphatic rings. The van der Waals surface area contributed by atoms with E-state index in [9.17, 15) is 0 Å². The summed E-state index contributed by atoms with van der Waals surface area (Å²) in [6, 6.07) is 3.76. The van der Waals surface area contributed by atoms with Gasteiger partial charge in [0.15, 0.2) is 5.11 Å². The lowest BCUT2D eigenvalue weighted by Crippen LogP contribution is -2.51. The average Bonchev–Trinajstić information content (AvgIpc) is 2.73. The zero-order valence-electron chi connectivity index (χ0n) is 14.2. The Balaban J connectivity index is 1.35. The summed E-state index contributed by atoms with van der Waals surface area (Å²) in [5, 5.41) is 5.11. The van der Waals surface area contributed by atoms with Crippen molar-refractivity contribution in [1.82, 2.24) is 25.3 Å². The number of hydrogen-bond donors (Lipinski definition) is 1. The van der Waals surface area contributed by atoms with Crippen LogP contribution in [0.4, 0.5) is 5.82 Å². The fourth-order valence-corrected chi connectivity index (χ4v) is 3.22. The fraction of sp³-hybridized carbons (Fsp3) is 0.353. The van der Waals surface area contributed by atoms with Crippen molar-refractivity contribution in [3.05, 3.63) is 42.6 Å². The second-order valence-electron chi connectivity index (χ2n) is 5.96. The molecule has 0 amide bonds. The van der Waals surface area contributed by atoms with Crippen LogP contribution in [0.2, 0.25) is 0 Å². The Hall–Kier alpha value is -2.81. The number of pyridine rings is 1. The summed E-state index contributed by atoms with van der Waals surface area (Å²) in [6.07, 6.45) is 7.63. The fourth-order valence-electron chi connectivity index (χ4n) is 2.99. The smallest absolute Gasteiger partial charge is 0.189 e. The third kappa shape index (κ3) is 3.57. The van der Waals surface area contributed by atoms with Crippen molar-refractivity contribution in [2.45, 2.75) is 6.42 Å². The summed E-state index contributed by atoms with van der Waals surface area (Å²) in [6.45, 7) is 3.91. The standard InChI is InChI=1S/C17H19N7OS/c26-17(22-21-13-3-11-25-14-2-1-4-20-16(13)14)24-9-7-23(8-10-24)15-12-18-5-6-19-15/h1-2,4-6,12H,3,7-11H2,(H,22,26)/b21-13-. The molecule has 1 saturated heterocycles. The van der Waals surface area contributed by atoms with Crippen molar-refractivity contribution in [1.29, 1.82) is 0 Å². The van der Waals surface area contributed by atoms with Crippen LogP contribution in [0.25, 0.3) is 0 Å². The first kappa shape index (κ1) is 16.6. The zero-order valence-corrected chi connectivity index (χ0v) is 15.0. The van der Waals surface area contributed by atoms with Crippen molar-refractivity contribution in [3.63, 3.8) is 0 Å². The van der Waals surface area contributed by atoms with Crippen LogP contribution in [0.15, 0.2) is 42.0 Å². The topological polar surface area (TPSA) is 78.8 Å². The number of aromatic nitrogens is 3. The molecule has 4 heterocycles. The lowest BCUT2D eigenvalue weighted by atomic mass is 10.1. The van der Waals surface area contributed by atoms with Gasteiger partial charge < -0.3 is 14.5 Å². The summed E-state index contributed by atoms with van der Waals surface area (Å²) < 4.78 is 5.60. The molecule has 0 radical (unpaired) electrons. The first-order valence-corrected chi connectivity index (χ1v) is 8.93. The maximum Gasteiger partial charge on any atom is 0.189 e. The monoisotopic (exact) mass is 369 g/mol. The van der Waals surface area contributed by atoms with E-state index >= 15 is 0 Å². The van der Waals surface area contributed by atoms with Crippen LogP contribution >= 0.6 is 12.2 Å². The number of piperazine rings is 1. The molecule has 134 valence electrons. The highest BCUT2D eigenvalue weighted by Crippen LogP contribution is 2.22. The Morgan fingerprint density at radius 3 is 2.85 bits per heavy atom. The molecule has 2 aromatic heterocycles. The molecule has 8 nitrogen and oxygen atoms in total. The third-order valence-corrected chi connectivity index (χ3v) is 4.72. The molecular formula is C17H19N7OS. The van der Waals surface area contributed by atoms with Crippen molar-refractivity contribution in [2.75, 3.05) is 37.7 Å². The molecule has 0 atom stereocenters. The summed E-state index contributed by atoms with van der Waals surface area (Å²) in [5.41, 5.74) is 4.67. The number of rotatable bonds is 2. The Morgan fingerprint density at radius 2 is 2.04 bits per heavy atom. The number of fused-ring (bicyclic) bond motifs is 1. The van der Waals surface area contributed by atoms with Crippen molar-refractivity contribution in [3.8, 4) is 5.75 Å². The van der Waals surface area contributed by atoms with Crippen LogP contribution in [-0.4, -0.2) is 63.5 Å². The second-order valence-corrected chi connectivity index (χ2v) is 6.35. The third-order valence-electron chi connectivity index (χ3n) is 4.37. The molecule has 4 rings (SSSR count). The number of nitrogens with one attached hydrogen (secondary N) is 1. The van der Waals surface area contributed by atoms with Gasteiger partial charge in [-0.2, -0.15) is 5.10 Å². The van der Waals surface area contributed by atoms with E-state index in [2.05, 4.69) is 35.3 Å². The average molecular weight is 369 g/mol. The Kier molecular flexibility index (Phi) is 4.87. The van der Waals surface area contributed by atoms with Crippen LogP contribution in [0.5, 0.6) is 5.75 Å². The van der Waals surface area contributed by atoms with Gasteiger partial charge in [0.1, 0.15) is 17.3 Å². The molecule has 0 unspecified atom stereocenters. The lowest BCUT2D eigenvalue weighted by molar-refractivity contribution is 0.318. The van der Waals surface area contributed by atoms with Gasteiger partial charge in [0, 0.05) is 51.2 Å². The van der Waals surface area contributed by atoms with Gasteiger partial charge in [0.05, 0.1) is 18.5 Å². The van der Waals surface area contributed by atoms with E-state index in [4.69, 9.17) is 17.0 Å². The van der Waals surface area contributed by atoms with E-state index in [1.807, 2.05) is 12.1 Å². The molecule has 0 aliphatic carbocycles. The molecule has 0 spiro atoms. The Bertz CT molecular complexity index is 806. The number of ether oxygens (including phenoxy) is 1. The highest BCUT2D eigenvalue weighted by atomic mass is 32.1. The van der Waals surface area contributed by atoms with Crippen molar-refractivity contribution in [2.24, 2.45) is 5.10 Å². The van der Waals surface area contributed by atoms with E-state index in [1.54, 1.807) is 24.8 Å². The molecule has 0 bridgehead atoms. The highest BCUT2D eigenvalue weighted by molar-refractivity contribution is 7.80. The van der Waals surface area contributed by atoms with Crippen LogP contribution in [0.3, 0.4) is 0 Å². The minimum atomic E-state index is 0.600. The Labute approximate surface area is 156 Å².